The lowest BCUT2D eigenvalue weighted by atomic mass is 9.86. The van der Waals surface area contributed by atoms with E-state index in [2.05, 4.69) is 69.1 Å². The van der Waals surface area contributed by atoms with Crippen LogP contribution in [0.5, 0.6) is 0 Å². The lowest BCUT2D eigenvalue weighted by Gasteiger charge is -2.30. The molecule has 3 nitrogen and oxygen atoms in total. The molecule has 0 saturated heterocycles. The second-order valence-corrected chi connectivity index (χ2v) is 8.68. The molecule has 4 heteroatoms. The molecule has 0 radical (unpaired) electrons. The van der Waals surface area contributed by atoms with E-state index >= 15 is 0 Å². The first-order chi connectivity index (χ1) is 13.7. The summed E-state index contributed by atoms with van der Waals surface area (Å²) in [6, 6.07) is 16.4. The van der Waals surface area contributed by atoms with Gasteiger partial charge in [0.1, 0.15) is 0 Å². The fraction of sp³-hybridized carbons (Fsp3) is 0.400. The van der Waals surface area contributed by atoms with Crippen LogP contribution >= 0.6 is 11.6 Å². The maximum Gasteiger partial charge on any atom is 0.244 e. The van der Waals surface area contributed by atoms with Gasteiger partial charge < -0.3 is 5.32 Å². The summed E-state index contributed by atoms with van der Waals surface area (Å²) >= 11 is 5.90. The molecule has 0 fully saturated rings. The van der Waals surface area contributed by atoms with E-state index < -0.39 is 0 Å². The van der Waals surface area contributed by atoms with E-state index in [0.29, 0.717) is 11.6 Å². The summed E-state index contributed by atoms with van der Waals surface area (Å²) in [6.45, 7) is 13.4. The predicted octanol–water partition coefficient (Wildman–Crippen LogP) is 5.85. The van der Waals surface area contributed by atoms with E-state index in [-0.39, 0.29) is 17.4 Å². The highest BCUT2D eigenvalue weighted by Gasteiger charge is 2.20. The fourth-order valence-electron chi connectivity index (χ4n) is 3.33. The van der Waals surface area contributed by atoms with Crippen molar-refractivity contribution in [1.29, 1.82) is 0 Å². The summed E-state index contributed by atoms with van der Waals surface area (Å²) < 4.78 is 0. The quantitative estimate of drug-likeness (QED) is 0.551. The number of hydrogen-bond acceptors (Lipinski definition) is 2. The number of nitrogens with one attached hydrogen (secondary N) is 1. The first-order valence-electron chi connectivity index (χ1n) is 10.3. The monoisotopic (exact) mass is 412 g/mol. The highest BCUT2D eigenvalue weighted by molar-refractivity contribution is 6.30. The molecule has 0 aliphatic carbocycles. The number of rotatable bonds is 8. The van der Waals surface area contributed by atoms with Crippen LogP contribution in [0.25, 0.3) is 6.08 Å². The molecule has 2 rings (SSSR count). The second kappa shape index (κ2) is 10.6. The van der Waals surface area contributed by atoms with Crippen molar-refractivity contribution >= 4 is 23.6 Å². The molecule has 1 amide bonds. The minimum absolute atomic E-state index is 0.0941. The van der Waals surface area contributed by atoms with Gasteiger partial charge in [-0.1, -0.05) is 82.6 Å². The van der Waals surface area contributed by atoms with Crippen molar-refractivity contribution in [2.75, 3.05) is 19.6 Å². The van der Waals surface area contributed by atoms with E-state index in [9.17, 15) is 4.79 Å². The Morgan fingerprint density at radius 2 is 1.62 bits per heavy atom. The maximum absolute atomic E-state index is 12.4. The van der Waals surface area contributed by atoms with Crippen LogP contribution in [0.15, 0.2) is 54.6 Å². The molecule has 0 unspecified atom stereocenters. The standard InChI is InChI=1S/C25H33ClN2O/c1-6-28(7-2)23(20-11-13-21(14-12-20)25(3,4)5)18-27-24(29)17-10-19-8-15-22(26)16-9-19/h8-17,23H,6-7,18H2,1-5H3,(H,27,29)/b17-10+/t23-/m0/s1. The molecule has 0 aliphatic heterocycles. The summed E-state index contributed by atoms with van der Waals surface area (Å²) in [5.74, 6) is -0.0941. The highest BCUT2D eigenvalue weighted by Crippen LogP contribution is 2.26. The molecule has 0 spiro atoms. The van der Waals surface area contributed by atoms with Crippen molar-refractivity contribution in [2.24, 2.45) is 0 Å². The van der Waals surface area contributed by atoms with E-state index in [0.717, 1.165) is 18.7 Å². The molecule has 0 bridgehead atoms. The molecule has 0 aliphatic rings. The fourth-order valence-corrected chi connectivity index (χ4v) is 3.46. The maximum atomic E-state index is 12.4. The number of hydrogen-bond donors (Lipinski definition) is 1. The third-order valence-corrected chi connectivity index (χ3v) is 5.43. The summed E-state index contributed by atoms with van der Waals surface area (Å²) in [6.07, 6.45) is 3.38. The van der Waals surface area contributed by atoms with Gasteiger partial charge in [-0.05, 0) is 53.4 Å². The Kier molecular flexibility index (Phi) is 8.48. The minimum Gasteiger partial charge on any atom is -0.351 e. The van der Waals surface area contributed by atoms with Crippen molar-refractivity contribution in [2.45, 2.75) is 46.1 Å². The van der Waals surface area contributed by atoms with Crippen molar-refractivity contribution < 1.29 is 4.79 Å². The molecular weight excluding hydrogens is 380 g/mol. The summed E-state index contributed by atoms with van der Waals surface area (Å²) in [5, 5.41) is 3.75. The molecule has 1 N–H and O–H groups in total. The van der Waals surface area contributed by atoms with Crippen molar-refractivity contribution in [3.8, 4) is 0 Å². The Hall–Kier alpha value is -2.10. The zero-order valence-corrected chi connectivity index (χ0v) is 19.0. The van der Waals surface area contributed by atoms with Crippen LogP contribution < -0.4 is 5.32 Å². The Bertz CT molecular complexity index is 800. The number of halogens is 1. The van der Waals surface area contributed by atoms with Gasteiger partial charge in [-0.25, -0.2) is 0 Å². The number of likely N-dealkylation sites (N-methyl/N-ethyl adjacent to an activating group) is 1. The number of carbonyl (C=O) groups excluding carboxylic acids is 1. The first-order valence-corrected chi connectivity index (χ1v) is 10.7. The average molecular weight is 413 g/mol. The van der Waals surface area contributed by atoms with Gasteiger partial charge in [0.2, 0.25) is 5.91 Å². The number of carbonyl (C=O) groups is 1. The van der Waals surface area contributed by atoms with E-state index in [1.807, 2.05) is 24.3 Å². The smallest absolute Gasteiger partial charge is 0.244 e. The van der Waals surface area contributed by atoms with Crippen LogP contribution in [-0.2, 0) is 10.2 Å². The lowest BCUT2D eigenvalue weighted by Crippen LogP contribution is -2.37. The predicted molar refractivity (Wildman–Crippen MR) is 124 cm³/mol. The van der Waals surface area contributed by atoms with Gasteiger partial charge in [0.25, 0.3) is 0 Å². The van der Waals surface area contributed by atoms with E-state index in [1.165, 1.54) is 11.1 Å². The number of nitrogens with zero attached hydrogens (tertiary/aromatic N) is 1. The number of benzene rings is 2. The van der Waals surface area contributed by atoms with Crippen LogP contribution in [0.4, 0.5) is 0 Å². The van der Waals surface area contributed by atoms with Crippen LogP contribution in [-0.4, -0.2) is 30.4 Å². The molecule has 0 saturated carbocycles. The largest absolute Gasteiger partial charge is 0.351 e. The van der Waals surface area contributed by atoms with Gasteiger partial charge in [0, 0.05) is 17.6 Å². The molecule has 2 aromatic rings. The van der Waals surface area contributed by atoms with Crippen molar-refractivity contribution in [3.05, 3.63) is 76.3 Å². The third-order valence-electron chi connectivity index (χ3n) is 5.18. The van der Waals surface area contributed by atoms with Gasteiger partial charge in [0.15, 0.2) is 0 Å². The third kappa shape index (κ3) is 7.02. The van der Waals surface area contributed by atoms with Crippen LogP contribution in [0.1, 0.15) is 57.4 Å². The van der Waals surface area contributed by atoms with Crippen molar-refractivity contribution in [3.63, 3.8) is 0 Å². The highest BCUT2D eigenvalue weighted by atomic mass is 35.5. The average Bonchev–Trinajstić information content (AvgIpc) is 2.70. The zero-order chi connectivity index (χ0) is 21.4. The molecule has 1 atom stereocenters. The Morgan fingerprint density at radius 3 is 2.14 bits per heavy atom. The molecule has 156 valence electrons. The van der Waals surface area contributed by atoms with Gasteiger partial charge >= 0.3 is 0 Å². The Morgan fingerprint density at radius 1 is 1.03 bits per heavy atom. The van der Waals surface area contributed by atoms with E-state index in [4.69, 9.17) is 11.6 Å². The molecule has 0 heterocycles. The van der Waals surface area contributed by atoms with Crippen LogP contribution in [0, 0.1) is 0 Å². The molecular formula is C25H33ClN2O. The van der Waals surface area contributed by atoms with Gasteiger partial charge in [-0.15, -0.1) is 0 Å². The van der Waals surface area contributed by atoms with Gasteiger partial charge in [-0.3, -0.25) is 9.69 Å². The lowest BCUT2D eigenvalue weighted by molar-refractivity contribution is -0.116. The Balaban J connectivity index is 2.08. The van der Waals surface area contributed by atoms with Crippen LogP contribution in [0.3, 0.4) is 0 Å². The van der Waals surface area contributed by atoms with Gasteiger partial charge in [-0.2, -0.15) is 0 Å². The van der Waals surface area contributed by atoms with Crippen molar-refractivity contribution in [1.82, 2.24) is 10.2 Å². The normalized spacial score (nSPS) is 13.1. The SMILES string of the molecule is CCN(CC)[C@@H](CNC(=O)/C=C/c1ccc(Cl)cc1)c1ccc(C(C)(C)C)cc1. The number of amides is 1. The Labute approximate surface area is 180 Å². The minimum atomic E-state index is -0.0941. The topological polar surface area (TPSA) is 32.3 Å². The summed E-state index contributed by atoms with van der Waals surface area (Å²) in [5.41, 5.74) is 3.62. The molecule has 29 heavy (non-hydrogen) atoms. The first kappa shape index (κ1) is 23.2. The summed E-state index contributed by atoms with van der Waals surface area (Å²) in [7, 11) is 0. The molecule has 0 aromatic heterocycles. The van der Waals surface area contributed by atoms with E-state index in [1.54, 1.807) is 12.2 Å². The molecule has 2 aromatic carbocycles. The van der Waals surface area contributed by atoms with Crippen LogP contribution in [0.2, 0.25) is 5.02 Å². The zero-order valence-electron chi connectivity index (χ0n) is 18.2. The van der Waals surface area contributed by atoms with Gasteiger partial charge in [0.05, 0.1) is 6.04 Å². The second-order valence-electron chi connectivity index (χ2n) is 8.24. The summed E-state index contributed by atoms with van der Waals surface area (Å²) in [4.78, 5) is 14.7.